The smallest absolute Gasteiger partial charge is 0.253 e. The van der Waals surface area contributed by atoms with Crippen molar-refractivity contribution in [2.75, 3.05) is 20.1 Å². The summed E-state index contributed by atoms with van der Waals surface area (Å²) in [6.07, 6.45) is 2.11. The van der Waals surface area contributed by atoms with Crippen LogP contribution >= 0.6 is 24.0 Å². The molecule has 0 unspecified atom stereocenters. The molecule has 1 heterocycles. The molecule has 8 heteroatoms. The first-order valence-corrected chi connectivity index (χ1v) is 10.8. The van der Waals surface area contributed by atoms with Gasteiger partial charge in [-0.15, -0.1) is 24.0 Å². The van der Waals surface area contributed by atoms with Gasteiger partial charge >= 0.3 is 0 Å². The lowest BCUT2D eigenvalue weighted by Gasteiger charge is -2.18. The Labute approximate surface area is 203 Å². The molecule has 0 saturated heterocycles. The summed E-state index contributed by atoms with van der Waals surface area (Å²) in [5.74, 6) is 1.98. The number of nitrogens with zero attached hydrogens (tertiary/aromatic N) is 3. The van der Waals surface area contributed by atoms with E-state index in [0.717, 1.165) is 29.9 Å². The lowest BCUT2D eigenvalue weighted by molar-refractivity contribution is 0.0773. The lowest BCUT2D eigenvalue weighted by Crippen LogP contribution is -2.36. The van der Waals surface area contributed by atoms with E-state index in [1.807, 2.05) is 49.1 Å². The van der Waals surface area contributed by atoms with Crippen LogP contribution in [0.1, 0.15) is 73.8 Å². The number of carbonyl (C=O) groups excluding carboxylic acids is 1. The summed E-state index contributed by atoms with van der Waals surface area (Å²) in [6.45, 7) is 10.9. The number of hydrogen-bond acceptors (Lipinski definition) is 4. The van der Waals surface area contributed by atoms with Crippen LogP contribution in [-0.2, 0) is 13.1 Å². The normalized spacial score (nSPS) is 11.2. The van der Waals surface area contributed by atoms with E-state index in [1.54, 1.807) is 7.05 Å². The number of guanidine groups is 1. The third kappa shape index (κ3) is 7.83. The van der Waals surface area contributed by atoms with Gasteiger partial charge in [0.1, 0.15) is 0 Å². The highest BCUT2D eigenvalue weighted by molar-refractivity contribution is 14.0. The number of carbonyl (C=O) groups is 1. The van der Waals surface area contributed by atoms with Gasteiger partial charge in [0.25, 0.3) is 5.91 Å². The van der Waals surface area contributed by atoms with Gasteiger partial charge in [-0.05, 0) is 44.4 Å². The molecule has 1 amide bonds. The molecule has 7 nitrogen and oxygen atoms in total. The molecule has 2 rings (SSSR count). The molecule has 1 aromatic carbocycles. The number of rotatable bonds is 10. The van der Waals surface area contributed by atoms with Gasteiger partial charge in [0.2, 0.25) is 0 Å². The maximum atomic E-state index is 12.4. The molecule has 31 heavy (non-hydrogen) atoms. The molecule has 0 aliphatic rings. The van der Waals surface area contributed by atoms with Crippen LogP contribution in [0.4, 0.5) is 0 Å². The highest BCUT2D eigenvalue weighted by atomic mass is 127. The van der Waals surface area contributed by atoms with Crippen LogP contribution in [0.5, 0.6) is 0 Å². The average Bonchev–Trinajstić information content (AvgIpc) is 3.24. The summed E-state index contributed by atoms with van der Waals surface area (Å²) in [5, 5.41) is 10.7. The van der Waals surface area contributed by atoms with E-state index in [0.29, 0.717) is 43.6 Å². The summed E-state index contributed by atoms with van der Waals surface area (Å²) in [6, 6.07) is 9.71. The van der Waals surface area contributed by atoms with Crippen LogP contribution in [-0.4, -0.2) is 42.1 Å². The van der Waals surface area contributed by atoms with Crippen LogP contribution in [0.3, 0.4) is 0 Å². The topological polar surface area (TPSA) is 82.8 Å². The zero-order valence-corrected chi connectivity index (χ0v) is 21.6. The summed E-state index contributed by atoms with van der Waals surface area (Å²) >= 11 is 0. The third-order valence-electron chi connectivity index (χ3n) is 5.35. The van der Waals surface area contributed by atoms with Gasteiger partial charge in [-0.2, -0.15) is 0 Å². The maximum Gasteiger partial charge on any atom is 0.253 e. The molecule has 172 valence electrons. The fraction of sp³-hybridized carbons (Fsp3) is 0.522. The minimum atomic E-state index is 0. The molecule has 0 aliphatic heterocycles. The fourth-order valence-electron chi connectivity index (χ4n) is 3.35. The number of benzene rings is 1. The first-order chi connectivity index (χ1) is 14.6. The number of aliphatic imine (C=N–C) groups is 1. The molecule has 2 aromatic rings. The summed E-state index contributed by atoms with van der Waals surface area (Å²) in [7, 11) is 1.73. The molecule has 2 N–H and O–H groups in total. The zero-order chi connectivity index (χ0) is 21.9. The van der Waals surface area contributed by atoms with Gasteiger partial charge in [0, 0.05) is 44.2 Å². The number of hydrogen-bond donors (Lipinski definition) is 2. The summed E-state index contributed by atoms with van der Waals surface area (Å²) in [5.41, 5.74) is 2.80. The Kier molecular flexibility index (Phi) is 12.2. The number of aromatic nitrogens is 1. The largest absolute Gasteiger partial charge is 0.359 e. The van der Waals surface area contributed by atoms with Crippen LogP contribution < -0.4 is 10.6 Å². The molecular formula is C23H36IN5O2. The Hall–Kier alpha value is -2.10. The Morgan fingerprint density at radius 1 is 1.06 bits per heavy atom. The second-order valence-electron chi connectivity index (χ2n) is 7.19. The van der Waals surface area contributed by atoms with Gasteiger partial charge in [-0.3, -0.25) is 9.79 Å². The first kappa shape index (κ1) is 26.9. The lowest BCUT2D eigenvalue weighted by atomic mass is 9.99. The van der Waals surface area contributed by atoms with Crippen LogP contribution in [0, 0.1) is 0 Å². The van der Waals surface area contributed by atoms with E-state index in [2.05, 4.69) is 34.6 Å². The van der Waals surface area contributed by atoms with Gasteiger partial charge in [0.05, 0.1) is 12.2 Å². The van der Waals surface area contributed by atoms with Crippen molar-refractivity contribution >= 4 is 35.8 Å². The van der Waals surface area contributed by atoms with E-state index in [4.69, 9.17) is 4.52 Å². The maximum absolute atomic E-state index is 12.4. The van der Waals surface area contributed by atoms with Crippen molar-refractivity contribution in [3.8, 4) is 0 Å². The fourth-order valence-corrected chi connectivity index (χ4v) is 3.35. The SMILES string of the molecule is CCC(CC)c1cc(CNC(=NC)NCc2ccc(C(=O)N(CC)CC)cc2)on1.I. The van der Waals surface area contributed by atoms with Crippen molar-refractivity contribution in [3.05, 3.63) is 52.9 Å². The standard InChI is InChI=1S/C23H35N5O2.HI/c1-6-18(7-2)21-14-20(30-27-21)16-26-23(24-5)25-15-17-10-12-19(13-11-17)22(29)28(8-3)9-4;/h10-14,18H,6-9,15-16H2,1-5H3,(H2,24,25,26);1H. The van der Waals surface area contributed by atoms with Crippen molar-refractivity contribution in [2.45, 2.75) is 59.5 Å². The Balaban J connectivity index is 0.00000480. The predicted octanol–water partition coefficient (Wildman–Crippen LogP) is 4.54. The van der Waals surface area contributed by atoms with Gasteiger partial charge in [-0.1, -0.05) is 31.1 Å². The van der Waals surface area contributed by atoms with Gasteiger partial charge in [-0.25, -0.2) is 0 Å². The highest BCUT2D eigenvalue weighted by Crippen LogP contribution is 2.22. The molecule has 0 aliphatic carbocycles. The number of nitrogens with one attached hydrogen (secondary N) is 2. The molecule has 0 atom stereocenters. The summed E-state index contributed by atoms with van der Waals surface area (Å²) < 4.78 is 5.45. The van der Waals surface area contributed by atoms with Crippen molar-refractivity contribution in [3.63, 3.8) is 0 Å². The van der Waals surface area contributed by atoms with Crippen LogP contribution in [0.15, 0.2) is 39.8 Å². The predicted molar refractivity (Wildman–Crippen MR) is 136 cm³/mol. The van der Waals surface area contributed by atoms with E-state index in [1.165, 1.54) is 0 Å². The molecular weight excluding hydrogens is 505 g/mol. The molecule has 0 bridgehead atoms. The minimum Gasteiger partial charge on any atom is -0.359 e. The minimum absolute atomic E-state index is 0. The second kappa shape index (κ2) is 14.1. The molecule has 0 radical (unpaired) electrons. The Morgan fingerprint density at radius 3 is 2.23 bits per heavy atom. The Bertz CT molecular complexity index is 812. The molecule has 1 aromatic heterocycles. The zero-order valence-electron chi connectivity index (χ0n) is 19.3. The number of halogens is 1. The molecule has 0 spiro atoms. The molecule has 0 fully saturated rings. The van der Waals surface area contributed by atoms with E-state index in [9.17, 15) is 4.79 Å². The number of amides is 1. The average molecular weight is 541 g/mol. The van der Waals surface area contributed by atoms with Crippen molar-refractivity contribution in [1.82, 2.24) is 20.7 Å². The summed E-state index contributed by atoms with van der Waals surface area (Å²) in [4.78, 5) is 18.5. The van der Waals surface area contributed by atoms with Crippen molar-refractivity contribution in [1.29, 1.82) is 0 Å². The van der Waals surface area contributed by atoms with Gasteiger partial charge < -0.3 is 20.1 Å². The van der Waals surface area contributed by atoms with Crippen LogP contribution in [0.25, 0.3) is 0 Å². The van der Waals surface area contributed by atoms with E-state index in [-0.39, 0.29) is 29.9 Å². The second-order valence-corrected chi connectivity index (χ2v) is 7.19. The monoisotopic (exact) mass is 541 g/mol. The quantitative estimate of drug-likeness (QED) is 0.262. The third-order valence-corrected chi connectivity index (χ3v) is 5.35. The highest BCUT2D eigenvalue weighted by Gasteiger charge is 2.14. The van der Waals surface area contributed by atoms with Crippen molar-refractivity contribution < 1.29 is 9.32 Å². The van der Waals surface area contributed by atoms with Gasteiger partial charge in [0.15, 0.2) is 11.7 Å². The van der Waals surface area contributed by atoms with E-state index >= 15 is 0 Å². The van der Waals surface area contributed by atoms with Crippen LogP contribution in [0.2, 0.25) is 0 Å². The first-order valence-electron chi connectivity index (χ1n) is 10.8. The van der Waals surface area contributed by atoms with Crippen molar-refractivity contribution in [2.24, 2.45) is 4.99 Å². The van der Waals surface area contributed by atoms with E-state index < -0.39 is 0 Å². The molecule has 0 saturated carbocycles. The Morgan fingerprint density at radius 2 is 1.68 bits per heavy atom.